The molecular weight excluding hydrogens is 364 g/mol. The van der Waals surface area contributed by atoms with Crippen LogP contribution in [0.5, 0.6) is 0 Å². The first-order valence-corrected chi connectivity index (χ1v) is 9.24. The molecule has 0 atom stereocenters. The number of carbonyl (C=O) groups excluding carboxylic acids is 2. The molecule has 0 aliphatic heterocycles. The summed E-state index contributed by atoms with van der Waals surface area (Å²) in [7, 11) is 0. The maximum Gasteiger partial charge on any atom is 0.255 e. The van der Waals surface area contributed by atoms with Gasteiger partial charge in [0.25, 0.3) is 5.91 Å². The summed E-state index contributed by atoms with van der Waals surface area (Å²) in [6.07, 6.45) is 3.04. The molecule has 1 saturated carbocycles. The number of pyridine rings is 1. The van der Waals surface area contributed by atoms with Crippen LogP contribution in [-0.2, 0) is 11.3 Å². The third kappa shape index (κ3) is 4.91. The number of nitrogens with zero attached hydrogens (tertiary/aromatic N) is 1. The van der Waals surface area contributed by atoms with Crippen molar-refractivity contribution in [1.82, 2.24) is 10.3 Å². The topological polar surface area (TPSA) is 71.1 Å². The van der Waals surface area contributed by atoms with Gasteiger partial charge >= 0.3 is 0 Å². The Morgan fingerprint density at radius 2 is 1.75 bits per heavy atom. The SMILES string of the molecule is CC1(C(=O)NCc2ccc(C(=O)Nc3cccnc3)cc2)CCC(F)(F)CC1. The number of aromatic nitrogens is 1. The second-order valence-corrected chi connectivity index (χ2v) is 7.49. The molecule has 2 amide bonds. The van der Waals surface area contributed by atoms with E-state index in [0.29, 0.717) is 11.3 Å². The van der Waals surface area contributed by atoms with Gasteiger partial charge in [0, 0.05) is 36.6 Å². The Kier molecular flexibility index (Phi) is 5.72. The summed E-state index contributed by atoms with van der Waals surface area (Å²) in [5, 5.41) is 5.58. The maximum atomic E-state index is 13.3. The fraction of sp³-hybridized carbons (Fsp3) is 0.381. The van der Waals surface area contributed by atoms with Crippen molar-refractivity contribution < 1.29 is 18.4 Å². The zero-order valence-corrected chi connectivity index (χ0v) is 15.7. The first-order chi connectivity index (χ1) is 13.3. The molecular formula is C21H23F2N3O2. The van der Waals surface area contributed by atoms with Crippen LogP contribution in [0.1, 0.15) is 48.5 Å². The second kappa shape index (κ2) is 8.04. The van der Waals surface area contributed by atoms with E-state index in [1.54, 1.807) is 55.7 Å². The number of alkyl halides is 2. The molecule has 1 aliphatic rings. The van der Waals surface area contributed by atoms with E-state index in [9.17, 15) is 18.4 Å². The molecule has 7 heteroatoms. The van der Waals surface area contributed by atoms with Crippen LogP contribution in [0.4, 0.5) is 14.5 Å². The normalized spacial score (nSPS) is 17.5. The van der Waals surface area contributed by atoms with Crippen LogP contribution in [-0.4, -0.2) is 22.7 Å². The average Bonchev–Trinajstić information content (AvgIpc) is 2.70. The van der Waals surface area contributed by atoms with E-state index in [0.717, 1.165) is 5.56 Å². The summed E-state index contributed by atoms with van der Waals surface area (Å²) in [5.41, 5.74) is 1.16. The predicted molar refractivity (Wildman–Crippen MR) is 102 cm³/mol. The fourth-order valence-electron chi connectivity index (χ4n) is 3.20. The molecule has 28 heavy (non-hydrogen) atoms. The van der Waals surface area contributed by atoms with Crippen molar-refractivity contribution in [3.63, 3.8) is 0 Å². The third-order valence-corrected chi connectivity index (χ3v) is 5.22. The third-order valence-electron chi connectivity index (χ3n) is 5.22. The molecule has 0 bridgehead atoms. The van der Waals surface area contributed by atoms with E-state index in [1.807, 2.05) is 0 Å². The van der Waals surface area contributed by atoms with Gasteiger partial charge in [-0.2, -0.15) is 0 Å². The highest BCUT2D eigenvalue weighted by molar-refractivity contribution is 6.04. The Hall–Kier alpha value is -2.83. The van der Waals surface area contributed by atoms with Gasteiger partial charge in [0.2, 0.25) is 11.8 Å². The Labute approximate surface area is 162 Å². The molecule has 2 N–H and O–H groups in total. The number of carbonyl (C=O) groups is 2. The highest BCUT2D eigenvalue weighted by atomic mass is 19.3. The van der Waals surface area contributed by atoms with Crippen molar-refractivity contribution in [2.75, 3.05) is 5.32 Å². The number of benzene rings is 1. The number of anilines is 1. The van der Waals surface area contributed by atoms with E-state index in [1.165, 1.54) is 0 Å². The van der Waals surface area contributed by atoms with E-state index in [2.05, 4.69) is 15.6 Å². The monoisotopic (exact) mass is 387 g/mol. The molecule has 0 unspecified atom stereocenters. The van der Waals surface area contributed by atoms with Gasteiger partial charge in [0.1, 0.15) is 0 Å². The van der Waals surface area contributed by atoms with Gasteiger partial charge < -0.3 is 10.6 Å². The van der Waals surface area contributed by atoms with Crippen LogP contribution < -0.4 is 10.6 Å². The first-order valence-electron chi connectivity index (χ1n) is 9.24. The summed E-state index contributed by atoms with van der Waals surface area (Å²) in [6, 6.07) is 10.4. The number of halogens is 2. The molecule has 1 aromatic carbocycles. The van der Waals surface area contributed by atoms with E-state index < -0.39 is 11.3 Å². The van der Waals surface area contributed by atoms with E-state index >= 15 is 0 Å². The Morgan fingerprint density at radius 3 is 2.36 bits per heavy atom. The molecule has 2 aromatic rings. The predicted octanol–water partition coefficient (Wildman–Crippen LogP) is 4.17. The molecule has 148 valence electrons. The van der Waals surface area contributed by atoms with Gasteiger partial charge in [-0.3, -0.25) is 14.6 Å². The zero-order valence-electron chi connectivity index (χ0n) is 15.7. The largest absolute Gasteiger partial charge is 0.352 e. The molecule has 1 fully saturated rings. The minimum atomic E-state index is -2.66. The number of hydrogen-bond donors (Lipinski definition) is 2. The minimum Gasteiger partial charge on any atom is -0.352 e. The van der Waals surface area contributed by atoms with Crippen LogP contribution in [0, 0.1) is 5.41 Å². The quantitative estimate of drug-likeness (QED) is 0.809. The van der Waals surface area contributed by atoms with E-state index in [4.69, 9.17) is 0 Å². The lowest BCUT2D eigenvalue weighted by Crippen LogP contribution is -2.43. The van der Waals surface area contributed by atoms with Crippen LogP contribution in [0.25, 0.3) is 0 Å². The summed E-state index contributed by atoms with van der Waals surface area (Å²) < 4.78 is 26.7. The van der Waals surface area contributed by atoms with Gasteiger partial charge in [0.15, 0.2) is 0 Å². The van der Waals surface area contributed by atoms with Crippen LogP contribution in [0.3, 0.4) is 0 Å². The molecule has 0 saturated heterocycles. The zero-order chi connectivity index (χ0) is 20.2. The minimum absolute atomic E-state index is 0.180. The van der Waals surface area contributed by atoms with Crippen molar-refractivity contribution in [3.8, 4) is 0 Å². The van der Waals surface area contributed by atoms with Gasteiger partial charge in [-0.1, -0.05) is 19.1 Å². The standard InChI is InChI=1S/C21H23F2N3O2/c1-20(8-10-21(22,23)11-9-20)19(28)25-13-15-4-6-16(7-5-15)18(27)26-17-3-2-12-24-14-17/h2-7,12,14H,8-11,13H2,1H3,(H,25,28)(H,26,27). The van der Waals surface area contributed by atoms with Gasteiger partial charge in [-0.05, 0) is 42.7 Å². The van der Waals surface area contributed by atoms with Gasteiger partial charge in [0.05, 0.1) is 11.9 Å². The lowest BCUT2D eigenvalue weighted by Gasteiger charge is -2.35. The summed E-state index contributed by atoms with van der Waals surface area (Å²) >= 11 is 0. The Bertz CT molecular complexity index is 828. The molecule has 1 aliphatic carbocycles. The van der Waals surface area contributed by atoms with Crippen LogP contribution in [0.15, 0.2) is 48.8 Å². The Morgan fingerprint density at radius 1 is 1.07 bits per heavy atom. The fourth-order valence-corrected chi connectivity index (χ4v) is 3.20. The van der Waals surface area contributed by atoms with Gasteiger partial charge in [-0.25, -0.2) is 8.78 Å². The summed E-state index contributed by atoms with van der Waals surface area (Å²) in [4.78, 5) is 28.6. The molecule has 3 rings (SSSR count). The van der Waals surface area contributed by atoms with Crippen LogP contribution in [0.2, 0.25) is 0 Å². The second-order valence-electron chi connectivity index (χ2n) is 7.49. The highest BCUT2D eigenvalue weighted by Gasteiger charge is 2.44. The van der Waals surface area contributed by atoms with Crippen molar-refractivity contribution >= 4 is 17.5 Å². The first kappa shape index (κ1) is 19.9. The molecule has 5 nitrogen and oxygen atoms in total. The Balaban J connectivity index is 1.53. The average molecular weight is 387 g/mol. The van der Waals surface area contributed by atoms with Crippen molar-refractivity contribution in [2.45, 2.75) is 45.1 Å². The van der Waals surface area contributed by atoms with Crippen LogP contribution >= 0.6 is 0 Å². The lowest BCUT2D eigenvalue weighted by atomic mass is 9.73. The number of rotatable bonds is 5. The highest BCUT2D eigenvalue weighted by Crippen LogP contribution is 2.43. The van der Waals surface area contributed by atoms with Crippen molar-refractivity contribution in [2.24, 2.45) is 5.41 Å². The van der Waals surface area contributed by atoms with Crippen molar-refractivity contribution in [3.05, 3.63) is 59.9 Å². The molecule has 1 heterocycles. The number of hydrogen-bond acceptors (Lipinski definition) is 3. The maximum absolute atomic E-state index is 13.3. The van der Waals surface area contributed by atoms with E-state index in [-0.39, 0.29) is 44.0 Å². The smallest absolute Gasteiger partial charge is 0.255 e. The number of nitrogens with one attached hydrogen (secondary N) is 2. The van der Waals surface area contributed by atoms with Gasteiger partial charge in [-0.15, -0.1) is 0 Å². The molecule has 0 spiro atoms. The summed E-state index contributed by atoms with van der Waals surface area (Å²) in [5.74, 6) is -3.12. The lowest BCUT2D eigenvalue weighted by molar-refractivity contribution is -0.137. The molecule has 1 aromatic heterocycles. The van der Waals surface area contributed by atoms with Crippen molar-refractivity contribution in [1.29, 1.82) is 0 Å². The number of amides is 2. The molecule has 0 radical (unpaired) electrons. The summed E-state index contributed by atoms with van der Waals surface area (Å²) in [6.45, 7) is 2.03.